The van der Waals surface area contributed by atoms with E-state index in [4.69, 9.17) is 16.0 Å². The molecule has 0 radical (unpaired) electrons. The van der Waals surface area contributed by atoms with Crippen molar-refractivity contribution in [3.05, 3.63) is 70.6 Å². The molecule has 1 amide bonds. The zero-order valence-corrected chi connectivity index (χ0v) is 16.3. The van der Waals surface area contributed by atoms with Gasteiger partial charge in [0.25, 0.3) is 5.22 Å². The lowest BCUT2D eigenvalue weighted by Gasteiger charge is -2.11. The molecule has 4 rings (SSSR count). The van der Waals surface area contributed by atoms with Gasteiger partial charge in [-0.05, 0) is 31.0 Å². The maximum atomic E-state index is 12.8. The lowest BCUT2D eigenvalue weighted by molar-refractivity contribution is -0.113. The second-order valence-electron chi connectivity index (χ2n) is 6.40. The molecule has 0 bridgehead atoms. The molecule has 0 atom stereocenters. The number of nitrogens with zero attached hydrogens (tertiary/aromatic N) is 2. The fourth-order valence-corrected chi connectivity index (χ4v) is 3.39. The second-order valence-corrected chi connectivity index (χ2v) is 7.77. The third-order valence-corrected chi connectivity index (χ3v) is 5.27. The van der Waals surface area contributed by atoms with Crippen LogP contribution in [-0.2, 0) is 4.79 Å². The molecule has 28 heavy (non-hydrogen) atoms. The molecule has 3 aromatic rings. The van der Waals surface area contributed by atoms with Crippen LogP contribution in [0, 0.1) is 0 Å². The topological polar surface area (TPSA) is 85.1 Å². The van der Waals surface area contributed by atoms with Crippen molar-refractivity contribution in [1.29, 1.82) is 0 Å². The van der Waals surface area contributed by atoms with Gasteiger partial charge in [0.2, 0.25) is 11.8 Å². The number of ketones is 1. The summed E-state index contributed by atoms with van der Waals surface area (Å²) in [7, 11) is 0. The highest BCUT2D eigenvalue weighted by molar-refractivity contribution is 7.99. The fraction of sp³-hybridized carbons (Fsp3) is 0.200. The molecule has 6 nitrogen and oxygen atoms in total. The van der Waals surface area contributed by atoms with Gasteiger partial charge in [0.15, 0.2) is 5.78 Å². The van der Waals surface area contributed by atoms with Crippen molar-refractivity contribution in [2.75, 3.05) is 11.1 Å². The van der Waals surface area contributed by atoms with Gasteiger partial charge >= 0.3 is 0 Å². The van der Waals surface area contributed by atoms with Crippen LogP contribution in [-0.4, -0.2) is 27.6 Å². The van der Waals surface area contributed by atoms with Gasteiger partial charge in [-0.2, -0.15) is 0 Å². The SMILES string of the molecule is O=C(CSc1nnc(C2CC2)o1)Nc1ccc(Cl)cc1C(=O)c1ccccc1. The third kappa shape index (κ3) is 4.43. The zero-order valence-electron chi connectivity index (χ0n) is 14.7. The van der Waals surface area contributed by atoms with Crippen molar-refractivity contribution in [2.24, 2.45) is 0 Å². The molecule has 1 aliphatic rings. The van der Waals surface area contributed by atoms with Crippen LogP contribution >= 0.6 is 23.4 Å². The van der Waals surface area contributed by atoms with E-state index in [1.807, 2.05) is 6.07 Å². The summed E-state index contributed by atoms with van der Waals surface area (Å²) in [5.41, 5.74) is 1.27. The molecular weight excluding hydrogens is 398 g/mol. The van der Waals surface area contributed by atoms with Gasteiger partial charge in [-0.15, -0.1) is 10.2 Å². The highest BCUT2D eigenvalue weighted by Gasteiger charge is 2.29. The number of thioether (sulfide) groups is 1. The summed E-state index contributed by atoms with van der Waals surface area (Å²) in [4.78, 5) is 25.2. The van der Waals surface area contributed by atoms with Gasteiger partial charge in [-0.3, -0.25) is 9.59 Å². The Hall–Kier alpha value is -2.64. The Bertz CT molecular complexity index is 1020. The first kappa shape index (κ1) is 18.7. The van der Waals surface area contributed by atoms with Crippen LogP contribution in [0.3, 0.4) is 0 Å². The maximum Gasteiger partial charge on any atom is 0.277 e. The first-order valence-corrected chi connectivity index (χ1v) is 10.1. The quantitative estimate of drug-likeness (QED) is 0.451. The molecular formula is C20H16ClN3O3S. The molecule has 1 heterocycles. The second kappa shape index (κ2) is 8.16. The normalized spacial score (nSPS) is 13.3. The van der Waals surface area contributed by atoms with Crippen LogP contribution in [0.2, 0.25) is 5.02 Å². The predicted octanol–water partition coefficient (Wildman–Crippen LogP) is 4.56. The fourth-order valence-electron chi connectivity index (χ4n) is 2.65. The molecule has 2 aromatic carbocycles. The first-order chi connectivity index (χ1) is 13.6. The van der Waals surface area contributed by atoms with Gasteiger partial charge in [0, 0.05) is 22.1 Å². The minimum Gasteiger partial charge on any atom is -0.416 e. The van der Waals surface area contributed by atoms with Crippen LogP contribution in [0.1, 0.15) is 40.6 Å². The molecule has 0 saturated heterocycles. The molecule has 142 valence electrons. The summed E-state index contributed by atoms with van der Waals surface area (Å²) in [6.45, 7) is 0. The number of hydrogen-bond acceptors (Lipinski definition) is 6. The number of rotatable bonds is 7. The van der Waals surface area contributed by atoms with E-state index >= 15 is 0 Å². The summed E-state index contributed by atoms with van der Waals surface area (Å²) in [5.74, 6) is 0.610. The molecule has 1 saturated carbocycles. The van der Waals surface area contributed by atoms with Crippen LogP contribution in [0.5, 0.6) is 0 Å². The number of carbonyl (C=O) groups excluding carboxylic acids is 2. The summed E-state index contributed by atoms with van der Waals surface area (Å²) < 4.78 is 5.53. The summed E-state index contributed by atoms with van der Waals surface area (Å²) in [5, 5.41) is 11.5. The largest absolute Gasteiger partial charge is 0.416 e. The average Bonchev–Trinajstić information content (AvgIpc) is 3.46. The van der Waals surface area contributed by atoms with Crippen LogP contribution < -0.4 is 5.32 Å². The Balaban J connectivity index is 1.44. The molecule has 8 heteroatoms. The summed E-state index contributed by atoms with van der Waals surface area (Å²) in [6.07, 6.45) is 2.14. The van der Waals surface area contributed by atoms with E-state index in [0.717, 1.165) is 24.6 Å². The smallest absolute Gasteiger partial charge is 0.277 e. The van der Waals surface area contributed by atoms with E-state index in [9.17, 15) is 9.59 Å². The number of anilines is 1. The van der Waals surface area contributed by atoms with Gasteiger partial charge in [0.05, 0.1) is 11.4 Å². The van der Waals surface area contributed by atoms with E-state index < -0.39 is 0 Å². The van der Waals surface area contributed by atoms with Gasteiger partial charge < -0.3 is 9.73 Å². The molecule has 0 unspecified atom stereocenters. The van der Waals surface area contributed by atoms with E-state index in [-0.39, 0.29) is 17.4 Å². The molecule has 1 N–H and O–H groups in total. The van der Waals surface area contributed by atoms with Crippen LogP contribution in [0.25, 0.3) is 0 Å². The minimum atomic E-state index is -0.277. The lowest BCUT2D eigenvalue weighted by Crippen LogP contribution is -2.17. The van der Waals surface area contributed by atoms with E-state index in [1.165, 1.54) is 0 Å². The number of hydrogen-bond donors (Lipinski definition) is 1. The van der Waals surface area contributed by atoms with E-state index in [1.54, 1.807) is 42.5 Å². The predicted molar refractivity (Wildman–Crippen MR) is 107 cm³/mol. The molecule has 0 spiro atoms. The highest BCUT2D eigenvalue weighted by Crippen LogP contribution is 2.39. The van der Waals surface area contributed by atoms with Gasteiger partial charge in [-0.1, -0.05) is 53.7 Å². The van der Waals surface area contributed by atoms with Crippen molar-refractivity contribution in [3.8, 4) is 0 Å². The lowest BCUT2D eigenvalue weighted by atomic mass is 10.0. The molecule has 1 fully saturated rings. The number of halogens is 1. The third-order valence-electron chi connectivity index (χ3n) is 4.21. The van der Waals surface area contributed by atoms with Crippen molar-refractivity contribution in [3.63, 3.8) is 0 Å². The average molecular weight is 414 g/mol. The number of aromatic nitrogens is 2. The number of carbonyl (C=O) groups is 2. The summed E-state index contributed by atoms with van der Waals surface area (Å²) >= 11 is 7.23. The molecule has 1 aromatic heterocycles. The van der Waals surface area contributed by atoms with Crippen molar-refractivity contribution in [1.82, 2.24) is 10.2 Å². The Morgan fingerprint density at radius 3 is 2.68 bits per heavy atom. The Labute approximate surface area is 170 Å². The molecule has 0 aliphatic heterocycles. The monoisotopic (exact) mass is 413 g/mol. The minimum absolute atomic E-state index is 0.0912. The van der Waals surface area contributed by atoms with Gasteiger partial charge in [-0.25, -0.2) is 0 Å². The Kier molecular flexibility index (Phi) is 5.45. The van der Waals surface area contributed by atoms with Crippen molar-refractivity contribution >= 4 is 40.7 Å². The number of benzene rings is 2. The number of nitrogens with one attached hydrogen (secondary N) is 1. The number of amides is 1. The Morgan fingerprint density at radius 2 is 1.93 bits per heavy atom. The Morgan fingerprint density at radius 1 is 1.14 bits per heavy atom. The standard InChI is InChI=1S/C20H16ClN3O3S/c21-14-8-9-16(15(10-14)18(26)12-4-2-1-3-5-12)22-17(25)11-28-20-24-23-19(27-20)13-6-7-13/h1-5,8-10,13H,6-7,11H2,(H,22,25). The zero-order chi connectivity index (χ0) is 19.5. The highest BCUT2D eigenvalue weighted by atomic mass is 35.5. The van der Waals surface area contributed by atoms with Gasteiger partial charge in [0.1, 0.15) is 0 Å². The van der Waals surface area contributed by atoms with Crippen LogP contribution in [0.15, 0.2) is 58.2 Å². The first-order valence-electron chi connectivity index (χ1n) is 8.75. The molecule has 1 aliphatic carbocycles. The summed E-state index contributed by atoms with van der Waals surface area (Å²) in [6, 6.07) is 13.7. The maximum absolute atomic E-state index is 12.8. The van der Waals surface area contributed by atoms with E-state index in [2.05, 4.69) is 15.5 Å². The van der Waals surface area contributed by atoms with Crippen molar-refractivity contribution in [2.45, 2.75) is 24.0 Å². The van der Waals surface area contributed by atoms with E-state index in [0.29, 0.717) is 38.9 Å². The van der Waals surface area contributed by atoms with Crippen molar-refractivity contribution < 1.29 is 14.0 Å². The van der Waals surface area contributed by atoms with Crippen LogP contribution in [0.4, 0.5) is 5.69 Å².